The number of hydrogen-bond donors (Lipinski definition) is 0. The highest BCUT2D eigenvalue weighted by atomic mass is 28.3. The minimum atomic E-state index is -1.46. The lowest BCUT2D eigenvalue weighted by Gasteiger charge is -2.25. The van der Waals surface area contributed by atoms with Gasteiger partial charge in [0.15, 0.2) is 5.41 Å². The molecule has 1 aliphatic rings. The van der Waals surface area contributed by atoms with Crippen LogP contribution in [0.25, 0.3) is 0 Å². The summed E-state index contributed by atoms with van der Waals surface area (Å²) in [4.78, 5) is 36.8. The molecular weight excluding hydrogens is 288 g/mol. The summed E-state index contributed by atoms with van der Waals surface area (Å²) in [6.07, 6.45) is 0.146. The lowest BCUT2D eigenvalue weighted by molar-refractivity contribution is -0.172. The van der Waals surface area contributed by atoms with E-state index in [0.29, 0.717) is 0 Å². The van der Waals surface area contributed by atoms with Gasteiger partial charge in [0.2, 0.25) is 0 Å². The minimum absolute atomic E-state index is 0.0152. The van der Waals surface area contributed by atoms with E-state index >= 15 is 0 Å². The molecule has 0 N–H and O–H groups in total. The average Bonchev–Trinajstić information content (AvgIpc) is 2.66. The van der Waals surface area contributed by atoms with Crippen molar-refractivity contribution in [2.45, 2.75) is 52.4 Å². The summed E-state index contributed by atoms with van der Waals surface area (Å²) in [7, 11) is -1.46. The van der Waals surface area contributed by atoms with E-state index in [1.54, 1.807) is 13.8 Å². The SMILES string of the molecule is CCOC(=O)C1(C(=O)OCC)CC(=O)C(C[Si](C)(C)C)C1. The molecule has 1 unspecified atom stereocenters. The largest absolute Gasteiger partial charge is 0.465 e. The van der Waals surface area contributed by atoms with E-state index < -0.39 is 25.4 Å². The lowest BCUT2D eigenvalue weighted by atomic mass is 9.85. The van der Waals surface area contributed by atoms with E-state index in [1.807, 2.05) is 0 Å². The van der Waals surface area contributed by atoms with Crippen molar-refractivity contribution in [3.63, 3.8) is 0 Å². The van der Waals surface area contributed by atoms with Crippen LogP contribution in [0.5, 0.6) is 0 Å². The van der Waals surface area contributed by atoms with Crippen LogP contribution in [-0.4, -0.2) is 39.0 Å². The molecule has 6 heteroatoms. The second-order valence-electron chi connectivity index (χ2n) is 6.83. The molecule has 0 aromatic rings. The zero-order chi connectivity index (χ0) is 16.3. The van der Waals surface area contributed by atoms with Crippen LogP contribution in [-0.2, 0) is 23.9 Å². The maximum atomic E-state index is 12.3. The lowest BCUT2D eigenvalue weighted by Crippen LogP contribution is -2.40. The van der Waals surface area contributed by atoms with E-state index in [4.69, 9.17) is 9.47 Å². The Morgan fingerprint density at radius 1 is 1.14 bits per heavy atom. The van der Waals surface area contributed by atoms with Gasteiger partial charge in [-0.2, -0.15) is 0 Å². The first kappa shape index (κ1) is 17.9. The summed E-state index contributed by atoms with van der Waals surface area (Å²) in [5.41, 5.74) is -1.42. The number of ether oxygens (including phenoxy) is 2. The molecule has 0 aromatic carbocycles. The van der Waals surface area contributed by atoms with E-state index in [2.05, 4.69) is 19.6 Å². The van der Waals surface area contributed by atoms with Crippen LogP contribution in [0.1, 0.15) is 26.7 Å². The number of esters is 2. The van der Waals surface area contributed by atoms with Crippen molar-refractivity contribution in [3.8, 4) is 0 Å². The Morgan fingerprint density at radius 2 is 1.62 bits per heavy atom. The first-order valence-corrected chi connectivity index (χ1v) is 11.2. The zero-order valence-corrected chi connectivity index (χ0v) is 14.7. The molecule has 5 nitrogen and oxygen atoms in total. The molecule has 0 radical (unpaired) electrons. The predicted octanol–water partition coefficient (Wildman–Crippen LogP) is 2.42. The normalized spacial score (nSPS) is 21.2. The molecule has 21 heavy (non-hydrogen) atoms. The minimum Gasteiger partial charge on any atom is -0.465 e. The molecular formula is C15H26O5Si. The number of Topliss-reactive ketones (excluding diaryl/α,β-unsaturated/α-hetero) is 1. The highest BCUT2D eigenvalue weighted by Gasteiger charge is 2.57. The van der Waals surface area contributed by atoms with E-state index in [9.17, 15) is 14.4 Å². The standard InChI is InChI=1S/C15H26O5Si/c1-6-19-13(17)15(14(18)20-7-2)8-11(12(16)9-15)10-21(3,4)5/h11H,6-10H2,1-5H3. The number of ketones is 1. The third-order valence-electron chi connectivity index (χ3n) is 3.72. The summed E-state index contributed by atoms with van der Waals surface area (Å²) in [6, 6.07) is 0.784. The maximum Gasteiger partial charge on any atom is 0.323 e. The molecule has 1 atom stereocenters. The third-order valence-corrected chi connectivity index (χ3v) is 5.43. The van der Waals surface area contributed by atoms with Crippen LogP contribution in [0.4, 0.5) is 0 Å². The van der Waals surface area contributed by atoms with Crippen molar-refractivity contribution in [1.29, 1.82) is 0 Å². The monoisotopic (exact) mass is 314 g/mol. The molecule has 0 spiro atoms. The molecule has 0 aliphatic heterocycles. The van der Waals surface area contributed by atoms with Gasteiger partial charge in [-0.25, -0.2) is 0 Å². The third kappa shape index (κ3) is 4.15. The zero-order valence-electron chi connectivity index (χ0n) is 13.7. The Kier molecular flexibility index (Phi) is 5.73. The van der Waals surface area contributed by atoms with Crippen molar-refractivity contribution >= 4 is 25.8 Å². The van der Waals surface area contributed by atoms with Crippen LogP contribution in [0.2, 0.25) is 25.7 Å². The smallest absolute Gasteiger partial charge is 0.323 e. The van der Waals surface area contributed by atoms with Crippen LogP contribution < -0.4 is 0 Å². The average molecular weight is 314 g/mol. The van der Waals surface area contributed by atoms with Gasteiger partial charge >= 0.3 is 11.9 Å². The number of rotatable bonds is 6. The highest BCUT2D eigenvalue weighted by molar-refractivity contribution is 6.76. The number of carbonyl (C=O) groups excluding carboxylic acids is 3. The number of hydrogen-bond acceptors (Lipinski definition) is 5. The fraction of sp³-hybridized carbons (Fsp3) is 0.800. The van der Waals surface area contributed by atoms with E-state index in [1.165, 1.54) is 0 Å². The van der Waals surface area contributed by atoms with Gasteiger partial charge in [-0.1, -0.05) is 19.6 Å². The molecule has 1 saturated carbocycles. The summed E-state index contributed by atoms with van der Waals surface area (Å²) >= 11 is 0. The molecule has 0 heterocycles. The van der Waals surface area contributed by atoms with Gasteiger partial charge in [-0.05, 0) is 26.3 Å². The summed E-state index contributed by atoms with van der Waals surface area (Å²) in [5.74, 6) is -1.48. The summed E-state index contributed by atoms with van der Waals surface area (Å²) in [6.45, 7) is 10.3. The topological polar surface area (TPSA) is 69.7 Å². The van der Waals surface area contributed by atoms with E-state index in [-0.39, 0.29) is 37.8 Å². The molecule has 1 aliphatic carbocycles. The van der Waals surface area contributed by atoms with Gasteiger partial charge in [-0.15, -0.1) is 0 Å². The Balaban J connectivity index is 3.03. The number of carbonyl (C=O) groups is 3. The molecule has 1 rings (SSSR count). The maximum absolute atomic E-state index is 12.3. The highest BCUT2D eigenvalue weighted by Crippen LogP contribution is 2.44. The Morgan fingerprint density at radius 3 is 2.00 bits per heavy atom. The van der Waals surface area contributed by atoms with E-state index in [0.717, 1.165) is 6.04 Å². The predicted molar refractivity (Wildman–Crippen MR) is 81.6 cm³/mol. The summed E-state index contributed by atoms with van der Waals surface area (Å²) < 4.78 is 10.1. The molecule has 0 saturated heterocycles. The van der Waals surface area contributed by atoms with Gasteiger partial charge < -0.3 is 9.47 Å². The van der Waals surface area contributed by atoms with Crippen LogP contribution >= 0.6 is 0 Å². The second-order valence-corrected chi connectivity index (χ2v) is 12.4. The van der Waals surface area contributed by atoms with Crippen LogP contribution in [0.3, 0.4) is 0 Å². The van der Waals surface area contributed by atoms with Crippen molar-refractivity contribution < 1.29 is 23.9 Å². The molecule has 1 fully saturated rings. The molecule has 120 valence electrons. The van der Waals surface area contributed by atoms with Gasteiger partial charge in [0.25, 0.3) is 0 Å². The van der Waals surface area contributed by atoms with Crippen molar-refractivity contribution in [2.75, 3.05) is 13.2 Å². The first-order valence-electron chi connectivity index (χ1n) is 7.53. The van der Waals surface area contributed by atoms with Crippen molar-refractivity contribution in [3.05, 3.63) is 0 Å². The summed E-state index contributed by atoms with van der Waals surface area (Å²) in [5, 5.41) is 0. The van der Waals surface area contributed by atoms with Gasteiger partial charge in [-0.3, -0.25) is 14.4 Å². The van der Waals surface area contributed by atoms with Gasteiger partial charge in [0, 0.05) is 20.4 Å². The molecule has 0 aromatic heterocycles. The Labute approximate surface area is 127 Å². The van der Waals surface area contributed by atoms with Crippen molar-refractivity contribution in [2.24, 2.45) is 11.3 Å². The fourth-order valence-electron chi connectivity index (χ4n) is 2.91. The quantitative estimate of drug-likeness (QED) is 0.428. The molecule has 0 bridgehead atoms. The van der Waals surface area contributed by atoms with Gasteiger partial charge in [0.1, 0.15) is 5.78 Å². The Hall–Kier alpha value is -1.17. The van der Waals surface area contributed by atoms with Crippen LogP contribution in [0.15, 0.2) is 0 Å². The molecule has 0 amide bonds. The van der Waals surface area contributed by atoms with Gasteiger partial charge in [0.05, 0.1) is 13.2 Å². The van der Waals surface area contributed by atoms with Crippen molar-refractivity contribution in [1.82, 2.24) is 0 Å². The fourth-order valence-corrected chi connectivity index (χ4v) is 4.76. The second kappa shape index (κ2) is 6.73. The first-order chi connectivity index (χ1) is 9.66. The Bertz CT molecular complexity index is 406. The van der Waals surface area contributed by atoms with Crippen LogP contribution in [0, 0.1) is 11.3 Å².